The Hall–Kier alpha value is -3.90. The molecule has 49 heavy (non-hydrogen) atoms. The molecule has 8 nitrogen and oxygen atoms in total. The van der Waals surface area contributed by atoms with Crippen LogP contribution in [0.1, 0.15) is 48.3 Å². The molecule has 6 rings (SSSR count). The lowest BCUT2D eigenvalue weighted by Crippen LogP contribution is -2.30. The van der Waals surface area contributed by atoms with Gasteiger partial charge < -0.3 is 4.52 Å². The Bertz CT molecular complexity index is 2130. The van der Waals surface area contributed by atoms with E-state index < -0.39 is 5.91 Å². The van der Waals surface area contributed by atoms with Crippen molar-refractivity contribution < 1.29 is 18.5 Å². The van der Waals surface area contributed by atoms with Gasteiger partial charge in [0.2, 0.25) is 0 Å². The van der Waals surface area contributed by atoms with Crippen molar-refractivity contribution in [2.45, 2.75) is 27.2 Å². The first-order chi connectivity index (χ1) is 23.4. The fraction of sp³-hybridized carbons (Fsp3) is 0.118. The van der Waals surface area contributed by atoms with Gasteiger partial charge in [0.15, 0.2) is 0 Å². The van der Waals surface area contributed by atoms with Crippen LogP contribution in [-0.2, 0) is 6.42 Å². The number of aryl methyl sites for hydroxylation is 2. The number of hydrogen-bond donors (Lipinski definition) is 2. The first-order valence-electron chi connectivity index (χ1n) is 14.4. The molecule has 0 aliphatic heterocycles. The number of amides is 1. The maximum absolute atomic E-state index is 14.0. The summed E-state index contributed by atoms with van der Waals surface area (Å²) in [5.41, 5.74) is 9.22. The van der Waals surface area contributed by atoms with Crippen LogP contribution in [0, 0.1) is 26.6 Å². The van der Waals surface area contributed by atoms with Gasteiger partial charge in [-0.25, -0.2) is 4.39 Å². The zero-order valence-electron chi connectivity index (χ0n) is 25.9. The molecule has 0 spiro atoms. The Morgan fingerprint density at radius 3 is 2.24 bits per heavy atom. The van der Waals surface area contributed by atoms with E-state index in [-0.39, 0.29) is 23.0 Å². The van der Waals surface area contributed by atoms with Crippen molar-refractivity contribution in [1.82, 2.24) is 20.4 Å². The average Bonchev–Trinajstić information content (AvgIpc) is 3.80. The first kappa shape index (κ1) is 36.4. The third-order valence-electron chi connectivity index (χ3n) is 7.31. The molecule has 3 aromatic carbocycles. The molecule has 0 unspecified atom stereocenters. The summed E-state index contributed by atoms with van der Waals surface area (Å²) in [5.74, 6) is -0.710. The Balaban J connectivity index is 0.000000192. The summed E-state index contributed by atoms with van der Waals surface area (Å²) in [6.45, 7) is 5.24. The topological polar surface area (TPSA) is 102 Å². The summed E-state index contributed by atoms with van der Waals surface area (Å²) in [5, 5.41) is 12.1. The molecule has 6 aromatic rings. The van der Waals surface area contributed by atoms with E-state index in [0.29, 0.717) is 70.4 Å². The minimum atomic E-state index is -0.495. The van der Waals surface area contributed by atoms with Crippen molar-refractivity contribution >= 4 is 86.8 Å². The molecule has 0 fully saturated rings. The highest BCUT2D eigenvalue weighted by atomic mass is 35.5. The molecular formula is C34H25Cl5FN5O3S. The lowest BCUT2D eigenvalue weighted by Gasteiger charge is -2.11. The van der Waals surface area contributed by atoms with Gasteiger partial charge in [-0.1, -0.05) is 81.4 Å². The highest BCUT2D eigenvalue weighted by Crippen LogP contribution is 2.37. The Morgan fingerprint density at radius 2 is 1.57 bits per heavy atom. The largest absolute Gasteiger partial charge is 0.360 e. The van der Waals surface area contributed by atoms with Crippen molar-refractivity contribution in [2.24, 2.45) is 0 Å². The third kappa shape index (κ3) is 8.12. The predicted molar refractivity (Wildman–Crippen MR) is 194 cm³/mol. The maximum Gasteiger partial charge on any atom is 0.288 e. The Kier molecular flexibility index (Phi) is 11.7. The van der Waals surface area contributed by atoms with Crippen molar-refractivity contribution in [2.75, 3.05) is 5.43 Å². The number of hydrogen-bond acceptors (Lipinski definition) is 7. The molecule has 3 aromatic heterocycles. The van der Waals surface area contributed by atoms with Gasteiger partial charge in [-0.3, -0.25) is 20.4 Å². The smallest absolute Gasteiger partial charge is 0.288 e. The predicted octanol–water partition coefficient (Wildman–Crippen LogP) is 10.7. The summed E-state index contributed by atoms with van der Waals surface area (Å²) < 4.78 is 20.6. The summed E-state index contributed by atoms with van der Waals surface area (Å²) in [4.78, 5) is 25.8. The van der Waals surface area contributed by atoms with E-state index in [9.17, 15) is 14.0 Å². The van der Waals surface area contributed by atoms with Crippen LogP contribution in [0.3, 0.4) is 0 Å². The lowest BCUT2D eigenvalue weighted by molar-refractivity contribution is 0.0943. The van der Waals surface area contributed by atoms with Crippen molar-refractivity contribution in [3.63, 3.8) is 0 Å². The minimum absolute atomic E-state index is 0.175. The molecule has 0 aliphatic rings. The number of anilines is 1. The number of halogens is 6. The molecule has 252 valence electrons. The number of nitrogens with one attached hydrogen (secondary N) is 2. The molecule has 0 atom stereocenters. The molecule has 1 amide bonds. The molecule has 0 aliphatic carbocycles. The number of hydrazine groups is 1. The standard InChI is InChI=1S/C17H11Cl4N3O2.C17H14ClFN2OS/c1-8-14(16(24-26-8)15-11(20)3-2-4-12(15)21)17(25)23-22-13-7-9(18)5-6-10(13)19;1-10-12(9-13-14(18)5-3-6-15(13)19)11(2)21(20-10)17(22)16-7-4-8-23-16/h2-7,22H,1H3,(H,23,25);3-8H,9H2,1-2H3. The van der Waals surface area contributed by atoms with E-state index in [1.165, 1.54) is 22.1 Å². The highest BCUT2D eigenvalue weighted by Gasteiger charge is 2.25. The zero-order chi connectivity index (χ0) is 35.4. The second-order valence-corrected chi connectivity index (χ2v) is 13.5. The number of carbonyl (C=O) groups is 2. The third-order valence-corrected chi connectivity index (χ3v) is 9.72. The van der Waals surface area contributed by atoms with Gasteiger partial charge >= 0.3 is 0 Å². The van der Waals surface area contributed by atoms with Crippen LogP contribution >= 0.6 is 69.3 Å². The first-order valence-corrected chi connectivity index (χ1v) is 17.1. The molecule has 0 radical (unpaired) electrons. The van der Waals surface area contributed by atoms with Gasteiger partial charge in [-0.05, 0) is 74.7 Å². The SMILES string of the molecule is Cc1nn(C(=O)c2cccs2)c(C)c1Cc1c(F)cccc1Cl.Cc1onc(-c2c(Cl)cccc2Cl)c1C(=O)NNc1cc(Cl)ccc1Cl. The number of benzene rings is 3. The highest BCUT2D eigenvalue weighted by molar-refractivity contribution is 7.12. The van der Waals surface area contributed by atoms with E-state index in [1.54, 1.807) is 61.5 Å². The molecule has 0 saturated carbocycles. The van der Waals surface area contributed by atoms with Gasteiger partial charge in [-0.2, -0.15) is 9.78 Å². The van der Waals surface area contributed by atoms with Gasteiger partial charge in [0.05, 0.1) is 31.3 Å². The van der Waals surface area contributed by atoms with E-state index in [4.69, 9.17) is 62.5 Å². The zero-order valence-corrected chi connectivity index (χ0v) is 30.5. The van der Waals surface area contributed by atoms with Crippen LogP contribution < -0.4 is 10.9 Å². The number of nitrogens with zero attached hydrogens (tertiary/aromatic N) is 3. The Labute approximate surface area is 309 Å². The number of thiophene rings is 1. The van der Waals surface area contributed by atoms with Crippen molar-refractivity contribution in [3.05, 3.63) is 142 Å². The molecule has 0 bridgehead atoms. The second kappa shape index (κ2) is 15.8. The van der Waals surface area contributed by atoms with Crippen LogP contribution in [-0.4, -0.2) is 26.8 Å². The van der Waals surface area contributed by atoms with Crippen LogP contribution in [0.5, 0.6) is 0 Å². The molecular weight excluding hydrogens is 755 g/mol. The molecule has 0 saturated heterocycles. The van der Waals surface area contributed by atoms with Gasteiger partial charge in [0.1, 0.15) is 22.8 Å². The quantitative estimate of drug-likeness (QED) is 0.156. The number of rotatable bonds is 7. The van der Waals surface area contributed by atoms with E-state index >= 15 is 0 Å². The van der Waals surface area contributed by atoms with E-state index in [0.717, 1.165) is 5.56 Å². The normalized spacial score (nSPS) is 10.8. The van der Waals surface area contributed by atoms with Crippen molar-refractivity contribution in [3.8, 4) is 11.3 Å². The van der Waals surface area contributed by atoms with Crippen LogP contribution in [0.2, 0.25) is 25.1 Å². The van der Waals surface area contributed by atoms with Crippen LogP contribution in [0.25, 0.3) is 11.3 Å². The minimum Gasteiger partial charge on any atom is -0.360 e. The van der Waals surface area contributed by atoms with Crippen molar-refractivity contribution in [1.29, 1.82) is 0 Å². The fourth-order valence-electron chi connectivity index (χ4n) is 4.83. The summed E-state index contributed by atoms with van der Waals surface area (Å²) in [7, 11) is 0. The Morgan fingerprint density at radius 1 is 0.878 bits per heavy atom. The monoisotopic (exact) mass is 777 g/mol. The second-order valence-electron chi connectivity index (χ2n) is 10.5. The van der Waals surface area contributed by atoms with E-state index in [1.807, 2.05) is 25.3 Å². The summed E-state index contributed by atoms with van der Waals surface area (Å²) >= 11 is 31.9. The van der Waals surface area contributed by atoms with Crippen LogP contribution in [0.15, 0.2) is 76.6 Å². The van der Waals surface area contributed by atoms with Gasteiger partial charge in [0, 0.05) is 38.9 Å². The van der Waals surface area contributed by atoms with Gasteiger partial charge in [-0.15, -0.1) is 11.3 Å². The fourth-order valence-corrected chi connectivity index (χ4v) is 6.62. The average molecular weight is 780 g/mol. The lowest BCUT2D eigenvalue weighted by atomic mass is 10.0. The number of carbonyl (C=O) groups excluding carboxylic acids is 2. The summed E-state index contributed by atoms with van der Waals surface area (Å²) in [6.07, 6.45) is 0.306. The number of aromatic nitrogens is 3. The molecule has 3 heterocycles. The molecule has 15 heteroatoms. The van der Waals surface area contributed by atoms with Gasteiger partial charge in [0.25, 0.3) is 11.8 Å². The summed E-state index contributed by atoms with van der Waals surface area (Å²) in [6, 6.07) is 18.0. The van der Waals surface area contributed by atoms with Crippen LogP contribution in [0.4, 0.5) is 10.1 Å². The molecule has 2 N–H and O–H groups in total. The van der Waals surface area contributed by atoms with E-state index in [2.05, 4.69) is 21.1 Å². The maximum atomic E-state index is 14.0.